The zero-order valence-corrected chi connectivity index (χ0v) is 11.3. The topological polar surface area (TPSA) is 93.5 Å². The van der Waals surface area contributed by atoms with Gasteiger partial charge in [-0.25, -0.2) is 0 Å². The van der Waals surface area contributed by atoms with Gasteiger partial charge in [-0.15, -0.1) is 0 Å². The van der Waals surface area contributed by atoms with Gasteiger partial charge in [0.1, 0.15) is 0 Å². The predicted molar refractivity (Wildman–Crippen MR) is 70.0 cm³/mol. The highest BCUT2D eigenvalue weighted by Gasteiger charge is 2.15. The molecular weight excluding hydrogens is 234 g/mol. The van der Waals surface area contributed by atoms with Gasteiger partial charge < -0.3 is 21.1 Å². The van der Waals surface area contributed by atoms with Crippen LogP contribution in [0, 0.1) is 5.92 Å². The van der Waals surface area contributed by atoms with E-state index < -0.39 is 0 Å². The minimum atomic E-state index is -0.147. The minimum Gasteiger partial charge on any atom is -0.383 e. The molecule has 106 valence electrons. The Hall–Kier alpha value is -1.14. The standard InChI is InChI=1S/C12H25N3O3/c1-3-4-10(9-13)12(17)15-6-5-11(16)14-7-8-18-2/h10H,3-9,13H2,1-2H3,(H,14,16)(H,15,17). The van der Waals surface area contributed by atoms with Crippen LogP contribution < -0.4 is 16.4 Å². The number of amides is 2. The number of hydrogen-bond acceptors (Lipinski definition) is 4. The van der Waals surface area contributed by atoms with Crippen LogP contribution in [0.5, 0.6) is 0 Å². The van der Waals surface area contributed by atoms with Crippen molar-refractivity contribution < 1.29 is 14.3 Å². The van der Waals surface area contributed by atoms with Crippen LogP contribution in [0.15, 0.2) is 0 Å². The Labute approximate surface area is 109 Å². The summed E-state index contributed by atoms with van der Waals surface area (Å²) >= 11 is 0. The molecule has 18 heavy (non-hydrogen) atoms. The summed E-state index contributed by atoms with van der Waals surface area (Å²) in [5.41, 5.74) is 5.52. The van der Waals surface area contributed by atoms with Crippen LogP contribution >= 0.6 is 0 Å². The van der Waals surface area contributed by atoms with Crippen molar-refractivity contribution in [1.82, 2.24) is 10.6 Å². The first kappa shape index (κ1) is 16.9. The molecule has 0 aliphatic heterocycles. The average Bonchev–Trinajstić information content (AvgIpc) is 2.36. The Morgan fingerprint density at radius 1 is 1.28 bits per heavy atom. The first-order chi connectivity index (χ1) is 8.65. The molecule has 1 atom stereocenters. The molecule has 0 aliphatic rings. The van der Waals surface area contributed by atoms with Gasteiger partial charge in [0.15, 0.2) is 0 Å². The molecule has 4 N–H and O–H groups in total. The normalized spacial score (nSPS) is 11.9. The van der Waals surface area contributed by atoms with Crippen molar-refractivity contribution in [3.05, 3.63) is 0 Å². The Kier molecular flexibility index (Phi) is 10.3. The fourth-order valence-corrected chi connectivity index (χ4v) is 1.53. The number of methoxy groups -OCH3 is 1. The highest BCUT2D eigenvalue weighted by molar-refractivity contribution is 5.80. The Balaban J connectivity index is 3.69. The zero-order chi connectivity index (χ0) is 13.8. The van der Waals surface area contributed by atoms with Gasteiger partial charge in [0.2, 0.25) is 11.8 Å². The van der Waals surface area contributed by atoms with Crippen molar-refractivity contribution in [1.29, 1.82) is 0 Å². The van der Waals surface area contributed by atoms with E-state index in [0.717, 1.165) is 12.8 Å². The van der Waals surface area contributed by atoms with Crippen LogP contribution in [0.3, 0.4) is 0 Å². The summed E-state index contributed by atoms with van der Waals surface area (Å²) in [6.07, 6.45) is 1.98. The number of hydrogen-bond donors (Lipinski definition) is 3. The lowest BCUT2D eigenvalue weighted by Gasteiger charge is -2.13. The SMILES string of the molecule is CCCC(CN)C(=O)NCCC(=O)NCCOC. The molecule has 0 rings (SSSR count). The van der Waals surface area contributed by atoms with Crippen LogP contribution in [0.1, 0.15) is 26.2 Å². The highest BCUT2D eigenvalue weighted by Crippen LogP contribution is 2.03. The van der Waals surface area contributed by atoms with E-state index in [1.807, 2.05) is 6.92 Å². The number of rotatable bonds is 10. The molecule has 1 unspecified atom stereocenters. The molecule has 0 spiro atoms. The van der Waals surface area contributed by atoms with Crippen molar-refractivity contribution in [2.45, 2.75) is 26.2 Å². The summed E-state index contributed by atoms with van der Waals surface area (Å²) < 4.78 is 4.81. The number of carbonyl (C=O) groups is 2. The molecule has 0 bridgehead atoms. The Morgan fingerprint density at radius 3 is 2.56 bits per heavy atom. The Bertz CT molecular complexity index is 247. The molecule has 0 aliphatic carbocycles. The fourth-order valence-electron chi connectivity index (χ4n) is 1.53. The van der Waals surface area contributed by atoms with E-state index in [1.165, 1.54) is 0 Å². The summed E-state index contributed by atoms with van der Waals surface area (Å²) in [6, 6.07) is 0. The molecule has 0 heterocycles. The lowest BCUT2D eigenvalue weighted by Crippen LogP contribution is -2.37. The maximum atomic E-state index is 11.7. The van der Waals surface area contributed by atoms with Gasteiger partial charge in [0.05, 0.1) is 12.5 Å². The summed E-state index contributed by atoms with van der Waals surface area (Å²) in [5.74, 6) is -0.303. The van der Waals surface area contributed by atoms with Gasteiger partial charge in [0.25, 0.3) is 0 Å². The van der Waals surface area contributed by atoms with Crippen LogP contribution in [0.4, 0.5) is 0 Å². The largest absolute Gasteiger partial charge is 0.383 e. The third-order valence-corrected chi connectivity index (χ3v) is 2.57. The monoisotopic (exact) mass is 259 g/mol. The van der Waals surface area contributed by atoms with Crippen molar-refractivity contribution in [3.63, 3.8) is 0 Å². The van der Waals surface area contributed by atoms with Crippen LogP contribution in [-0.4, -0.2) is 45.2 Å². The smallest absolute Gasteiger partial charge is 0.224 e. The van der Waals surface area contributed by atoms with Crippen LogP contribution in [-0.2, 0) is 14.3 Å². The molecule has 0 saturated carbocycles. The molecule has 6 heteroatoms. The third-order valence-electron chi connectivity index (χ3n) is 2.57. The second kappa shape index (κ2) is 11.0. The number of ether oxygens (including phenoxy) is 1. The van der Waals surface area contributed by atoms with Crippen molar-refractivity contribution in [2.24, 2.45) is 11.7 Å². The molecule has 0 aromatic carbocycles. The summed E-state index contributed by atoms with van der Waals surface area (Å²) in [7, 11) is 1.58. The van der Waals surface area contributed by atoms with E-state index >= 15 is 0 Å². The van der Waals surface area contributed by atoms with E-state index in [0.29, 0.717) is 26.2 Å². The molecule has 0 radical (unpaired) electrons. The quantitative estimate of drug-likeness (QED) is 0.467. The summed E-state index contributed by atoms with van der Waals surface area (Å²) in [4.78, 5) is 23.0. The first-order valence-electron chi connectivity index (χ1n) is 6.39. The second-order valence-corrected chi connectivity index (χ2v) is 4.11. The predicted octanol–water partition coefficient (Wildman–Crippen LogP) is -0.370. The molecule has 2 amide bonds. The average molecular weight is 259 g/mol. The number of nitrogens with two attached hydrogens (primary N) is 1. The van der Waals surface area contributed by atoms with E-state index in [2.05, 4.69) is 10.6 Å². The first-order valence-corrected chi connectivity index (χ1v) is 6.39. The van der Waals surface area contributed by atoms with Gasteiger partial charge in [-0.1, -0.05) is 13.3 Å². The molecule has 0 aromatic heterocycles. The lowest BCUT2D eigenvalue weighted by atomic mass is 10.0. The van der Waals surface area contributed by atoms with Crippen LogP contribution in [0.25, 0.3) is 0 Å². The fraction of sp³-hybridized carbons (Fsp3) is 0.833. The molecule has 6 nitrogen and oxygen atoms in total. The van der Waals surface area contributed by atoms with Gasteiger partial charge in [-0.2, -0.15) is 0 Å². The van der Waals surface area contributed by atoms with Gasteiger partial charge in [-0.05, 0) is 6.42 Å². The molecule has 0 fully saturated rings. The van der Waals surface area contributed by atoms with E-state index in [-0.39, 0.29) is 24.2 Å². The van der Waals surface area contributed by atoms with Gasteiger partial charge >= 0.3 is 0 Å². The highest BCUT2D eigenvalue weighted by atomic mass is 16.5. The van der Waals surface area contributed by atoms with E-state index in [1.54, 1.807) is 7.11 Å². The van der Waals surface area contributed by atoms with Gasteiger partial charge in [-0.3, -0.25) is 9.59 Å². The van der Waals surface area contributed by atoms with Crippen molar-refractivity contribution in [2.75, 3.05) is 33.4 Å². The second-order valence-electron chi connectivity index (χ2n) is 4.11. The maximum absolute atomic E-state index is 11.7. The number of carbonyl (C=O) groups excluding carboxylic acids is 2. The van der Waals surface area contributed by atoms with Gasteiger partial charge in [0, 0.05) is 33.2 Å². The molecule has 0 saturated heterocycles. The third kappa shape index (κ3) is 8.03. The summed E-state index contributed by atoms with van der Waals surface area (Å²) in [5, 5.41) is 5.41. The Morgan fingerprint density at radius 2 is 2.00 bits per heavy atom. The van der Waals surface area contributed by atoms with E-state index in [9.17, 15) is 9.59 Å². The lowest BCUT2D eigenvalue weighted by molar-refractivity contribution is -0.125. The van der Waals surface area contributed by atoms with Crippen molar-refractivity contribution in [3.8, 4) is 0 Å². The minimum absolute atomic E-state index is 0.0657. The molecule has 0 aromatic rings. The summed E-state index contributed by atoms with van der Waals surface area (Å²) in [6.45, 7) is 3.69. The number of nitrogens with one attached hydrogen (secondary N) is 2. The van der Waals surface area contributed by atoms with E-state index in [4.69, 9.17) is 10.5 Å². The van der Waals surface area contributed by atoms with Crippen molar-refractivity contribution >= 4 is 11.8 Å². The molecular formula is C12H25N3O3. The van der Waals surface area contributed by atoms with Crippen LogP contribution in [0.2, 0.25) is 0 Å². The maximum Gasteiger partial charge on any atom is 0.224 e. The zero-order valence-electron chi connectivity index (χ0n) is 11.3.